The van der Waals surface area contributed by atoms with Gasteiger partial charge in [0.2, 0.25) is 5.91 Å². The number of hydrogen-bond acceptors (Lipinski definition) is 4. The number of carbonyl (C=O) groups is 1. The van der Waals surface area contributed by atoms with E-state index in [4.69, 9.17) is 5.73 Å². The minimum absolute atomic E-state index is 0.0109. The normalized spacial score (nSPS) is 11.9. The van der Waals surface area contributed by atoms with Crippen molar-refractivity contribution in [2.24, 2.45) is 5.73 Å². The summed E-state index contributed by atoms with van der Waals surface area (Å²) in [5, 5.41) is 9.88. The van der Waals surface area contributed by atoms with E-state index < -0.39 is 0 Å². The maximum Gasteiger partial charge on any atom is 0.224 e. The van der Waals surface area contributed by atoms with Crippen LogP contribution in [0, 0.1) is 0 Å². The van der Waals surface area contributed by atoms with Gasteiger partial charge in [0, 0.05) is 17.7 Å². The molecule has 0 aliphatic heterocycles. The Bertz CT molecular complexity index is 842. The molecule has 0 saturated heterocycles. The number of carbonyl (C=O) groups excluding carboxylic acids is 1. The Morgan fingerprint density at radius 3 is 2.50 bits per heavy atom. The molecule has 1 atom stereocenters. The van der Waals surface area contributed by atoms with Crippen LogP contribution in [0.5, 0.6) is 0 Å². The zero-order chi connectivity index (χ0) is 18.4. The molecule has 1 amide bonds. The zero-order valence-electron chi connectivity index (χ0n) is 14.8. The molecule has 0 radical (unpaired) electrons. The lowest BCUT2D eigenvalue weighted by Gasteiger charge is -2.15. The summed E-state index contributed by atoms with van der Waals surface area (Å²) in [7, 11) is 0. The number of nitrogens with one attached hydrogen (secondary N) is 2. The molecule has 134 valence electrons. The molecule has 2 aromatic carbocycles. The Labute approximate surface area is 152 Å². The summed E-state index contributed by atoms with van der Waals surface area (Å²) in [6.07, 6.45) is 1.38. The van der Waals surface area contributed by atoms with E-state index in [0.717, 1.165) is 17.7 Å². The number of aromatic nitrogens is 3. The van der Waals surface area contributed by atoms with Crippen LogP contribution in [-0.2, 0) is 11.3 Å². The number of H-pyrrole nitrogens is 1. The highest BCUT2D eigenvalue weighted by molar-refractivity contribution is 5.91. The Kier molecular flexibility index (Phi) is 5.76. The highest BCUT2D eigenvalue weighted by Gasteiger charge is 2.14. The third-order valence-corrected chi connectivity index (χ3v) is 4.35. The summed E-state index contributed by atoms with van der Waals surface area (Å²) in [5.74, 6) is 1.47. The smallest absolute Gasteiger partial charge is 0.224 e. The first-order valence-corrected chi connectivity index (χ1v) is 8.76. The van der Waals surface area contributed by atoms with Crippen LogP contribution in [0.3, 0.4) is 0 Å². The van der Waals surface area contributed by atoms with Gasteiger partial charge in [0.25, 0.3) is 0 Å². The van der Waals surface area contributed by atoms with Gasteiger partial charge in [0.15, 0.2) is 5.82 Å². The van der Waals surface area contributed by atoms with E-state index in [2.05, 4.69) is 39.6 Å². The summed E-state index contributed by atoms with van der Waals surface area (Å²) < 4.78 is 0. The predicted octanol–water partition coefficient (Wildman–Crippen LogP) is 3.45. The topological polar surface area (TPSA) is 96.7 Å². The van der Waals surface area contributed by atoms with Gasteiger partial charge in [-0.2, -0.15) is 5.10 Å². The largest absolute Gasteiger partial charge is 0.326 e. The van der Waals surface area contributed by atoms with Gasteiger partial charge in [0.05, 0.1) is 6.54 Å². The van der Waals surface area contributed by atoms with Crippen LogP contribution >= 0.6 is 0 Å². The van der Waals surface area contributed by atoms with Crippen molar-refractivity contribution in [3.05, 3.63) is 66.0 Å². The molecule has 6 heteroatoms. The average Bonchev–Trinajstić information content (AvgIpc) is 3.16. The monoisotopic (exact) mass is 349 g/mol. The lowest BCUT2D eigenvalue weighted by Crippen LogP contribution is -2.15. The predicted molar refractivity (Wildman–Crippen MR) is 102 cm³/mol. The van der Waals surface area contributed by atoms with Gasteiger partial charge in [-0.1, -0.05) is 37.3 Å². The SMILES string of the molecule is CCC(CC(=O)Nc1ccc(-c2n[nH]c(CN)n2)cc1)c1ccccc1. The summed E-state index contributed by atoms with van der Waals surface area (Å²) >= 11 is 0. The maximum atomic E-state index is 12.4. The maximum absolute atomic E-state index is 12.4. The molecular weight excluding hydrogens is 326 g/mol. The van der Waals surface area contributed by atoms with E-state index in [1.54, 1.807) is 0 Å². The summed E-state index contributed by atoms with van der Waals surface area (Å²) in [6, 6.07) is 17.6. The third-order valence-electron chi connectivity index (χ3n) is 4.35. The van der Waals surface area contributed by atoms with Crippen LogP contribution in [0.1, 0.15) is 37.1 Å². The van der Waals surface area contributed by atoms with Crippen molar-refractivity contribution in [2.75, 3.05) is 5.32 Å². The van der Waals surface area contributed by atoms with E-state index in [9.17, 15) is 4.79 Å². The van der Waals surface area contributed by atoms with Gasteiger partial charge in [-0.05, 0) is 42.2 Å². The molecule has 26 heavy (non-hydrogen) atoms. The zero-order valence-corrected chi connectivity index (χ0v) is 14.8. The number of rotatable bonds is 7. The molecule has 4 N–H and O–H groups in total. The number of nitrogens with zero attached hydrogens (tertiary/aromatic N) is 2. The van der Waals surface area contributed by atoms with E-state index in [1.165, 1.54) is 5.56 Å². The Morgan fingerprint density at radius 2 is 1.88 bits per heavy atom. The van der Waals surface area contributed by atoms with Crippen LogP contribution in [-0.4, -0.2) is 21.1 Å². The highest BCUT2D eigenvalue weighted by Crippen LogP contribution is 2.24. The van der Waals surface area contributed by atoms with Gasteiger partial charge < -0.3 is 11.1 Å². The molecule has 0 bridgehead atoms. The van der Waals surface area contributed by atoms with Crippen LogP contribution < -0.4 is 11.1 Å². The number of aromatic amines is 1. The molecule has 0 spiro atoms. The molecule has 3 rings (SSSR count). The molecule has 0 aliphatic carbocycles. The molecule has 0 saturated carbocycles. The van der Waals surface area contributed by atoms with E-state index in [-0.39, 0.29) is 11.8 Å². The fourth-order valence-corrected chi connectivity index (χ4v) is 2.88. The molecule has 1 unspecified atom stereocenters. The minimum Gasteiger partial charge on any atom is -0.326 e. The standard InChI is InChI=1S/C20H23N5O/c1-2-14(15-6-4-3-5-7-15)12-19(26)22-17-10-8-16(9-11-17)20-23-18(13-21)24-25-20/h3-11,14H,2,12-13,21H2,1H3,(H,22,26)(H,23,24,25). The van der Waals surface area contributed by atoms with Crippen molar-refractivity contribution < 1.29 is 4.79 Å². The summed E-state index contributed by atoms with van der Waals surface area (Å²) in [6.45, 7) is 2.42. The van der Waals surface area contributed by atoms with E-state index >= 15 is 0 Å². The molecule has 1 aromatic heterocycles. The number of anilines is 1. The molecule has 0 fully saturated rings. The van der Waals surface area contributed by atoms with Crippen molar-refractivity contribution in [3.8, 4) is 11.4 Å². The molecule has 3 aromatic rings. The number of benzene rings is 2. The van der Waals surface area contributed by atoms with Crippen molar-refractivity contribution >= 4 is 11.6 Å². The Hall–Kier alpha value is -2.99. The number of hydrogen-bond donors (Lipinski definition) is 3. The summed E-state index contributed by atoms with van der Waals surface area (Å²) in [4.78, 5) is 16.7. The first-order valence-electron chi connectivity index (χ1n) is 8.76. The Morgan fingerprint density at radius 1 is 1.15 bits per heavy atom. The van der Waals surface area contributed by atoms with Crippen LogP contribution in [0.2, 0.25) is 0 Å². The van der Waals surface area contributed by atoms with Crippen LogP contribution in [0.4, 0.5) is 5.69 Å². The number of nitrogens with two attached hydrogens (primary N) is 1. The average molecular weight is 349 g/mol. The quantitative estimate of drug-likeness (QED) is 0.608. The second-order valence-corrected chi connectivity index (χ2v) is 6.16. The van der Waals surface area contributed by atoms with Gasteiger partial charge in [0.1, 0.15) is 5.82 Å². The van der Waals surface area contributed by atoms with E-state index in [1.807, 2.05) is 42.5 Å². The Balaban J connectivity index is 1.62. The minimum atomic E-state index is 0.0109. The second kappa shape index (κ2) is 8.40. The summed E-state index contributed by atoms with van der Waals surface area (Å²) in [5.41, 5.74) is 8.36. The fraction of sp³-hybridized carbons (Fsp3) is 0.250. The van der Waals surface area contributed by atoms with E-state index in [0.29, 0.717) is 24.6 Å². The first kappa shape index (κ1) is 17.8. The van der Waals surface area contributed by atoms with Crippen LogP contribution in [0.25, 0.3) is 11.4 Å². The van der Waals surface area contributed by atoms with Gasteiger partial charge in [-0.25, -0.2) is 4.98 Å². The molecule has 1 heterocycles. The highest BCUT2D eigenvalue weighted by atomic mass is 16.1. The van der Waals surface area contributed by atoms with Crippen molar-refractivity contribution in [1.82, 2.24) is 15.2 Å². The van der Waals surface area contributed by atoms with Crippen LogP contribution in [0.15, 0.2) is 54.6 Å². The molecule has 0 aliphatic rings. The van der Waals surface area contributed by atoms with Gasteiger partial charge >= 0.3 is 0 Å². The number of amides is 1. The lowest BCUT2D eigenvalue weighted by atomic mass is 9.93. The van der Waals surface area contributed by atoms with Gasteiger partial charge in [-0.3, -0.25) is 9.89 Å². The third kappa shape index (κ3) is 4.34. The first-order chi connectivity index (χ1) is 12.7. The van der Waals surface area contributed by atoms with Crippen molar-refractivity contribution in [2.45, 2.75) is 32.2 Å². The van der Waals surface area contributed by atoms with Gasteiger partial charge in [-0.15, -0.1) is 0 Å². The molecular formula is C20H23N5O. The fourth-order valence-electron chi connectivity index (χ4n) is 2.88. The second-order valence-electron chi connectivity index (χ2n) is 6.16. The van der Waals surface area contributed by atoms with Crippen molar-refractivity contribution in [3.63, 3.8) is 0 Å². The van der Waals surface area contributed by atoms with Crippen molar-refractivity contribution in [1.29, 1.82) is 0 Å². The molecule has 6 nitrogen and oxygen atoms in total. The lowest BCUT2D eigenvalue weighted by molar-refractivity contribution is -0.116.